The van der Waals surface area contributed by atoms with Crippen LogP contribution in [0.15, 0.2) is 60.8 Å². The van der Waals surface area contributed by atoms with E-state index in [1.165, 1.54) is 22.8 Å². The number of hydrogen-bond acceptors (Lipinski definition) is 4. The molecule has 9 heteroatoms. The molecule has 39 heavy (non-hydrogen) atoms. The topological polar surface area (TPSA) is 112 Å². The summed E-state index contributed by atoms with van der Waals surface area (Å²) in [6, 6.07) is 15.5. The maximum absolute atomic E-state index is 15.6. The van der Waals surface area contributed by atoms with Gasteiger partial charge >= 0.3 is 5.97 Å². The fraction of sp³-hybridized carbons (Fsp3) is 0.233. The number of aliphatic carboxylic acids is 1. The third-order valence-electron chi connectivity index (χ3n) is 7.94. The van der Waals surface area contributed by atoms with E-state index in [0.29, 0.717) is 33.2 Å². The van der Waals surface area contributed by atoms with Gasteiger partial charge in [0.05, 0.1) is 11.1 Å². The van der Waals surface area contributed by atoms with Crippen molar-refractivity contribution in [3.63, 3.8) is 0 Å². The lowest BCUT2D eigenvalue weighted by molar-refractivity contribution is -0.137. The van der Waals surface area contributed by atoms with E-state index in [4.69, 9.17) is 10.8 Å². The lowest BCUT2D eigenvalue weighted by Crippen LogP contribution is -2.40. The second kappa shape index (κ2) is 9.33. The molecule has 0 aliphatic carbocycles. The van der Waals surface area contributed by atoms with Gasteiger partial charge in [-0.25, -0.2) is 8.78 Å². The Balaban J connectivity index is 1.49. The smallest absolute Gasteiger partial charge is 0.323 e. The number of hydrogen-bond donors (Lipinski definition) is 2. The van der Waals surface area contributed by atoms with Crippen molar-refractivity contribution in [1.29, 1.82) is 5.26 Å². The summed E-state index contributed by atoms with van der Waals surface area (Å²) in [7, 11) is 0. The molecule has 1 aromatic heterocycles. The third-order valence-corrected chi connectivity index (χ3v) is 7.94. The standard InChI is InChI=1S/C30H24F2N4O3/c31-24-11-16(1-2-19(24)14-33)22-10-18(30(39)36-20-4-6-27(36)26(34)12-20)3-5-21(22)23-9-17-7-8-35(15-29(37)38)28(17)13-25(23)32/h1-3,5,7-11,13,20,26-27H,4,6,12,15,34H2,(H,37,38)/t20-,26+,27+/m1/s1. The molecule has 4 aromatic rings. The fourth-order valence-corrected chi connectivity index (χ4v) is 6.13. The van der Waals surface area contributed by atoms with Crippen LogP contribution >= 0.6 is 0 Å². The van der Waals surface area contributed by atoms with Crippen molar-refractivity contribution in [3.05, 3.63) is 83.6 Å². The van der Waals surface area contributed by atoms with Crippen LogP contribution in [0, 0.1) is 23.0 Å². The number of nitrogens with two attached hydrogens (primary N) is 1. The largest absolute Gasteiger partial charge is 0.480 e. The molecule has 2 saturated heterocycles. The van der Waals surface area contributed by atoms with E-state index in [2.05, 4.69) is 0 Å². The van der Waals surface area contributed by atoms with Crippen LogP contribution in [0.2, 0.25) is 0 Å². The normalized spacial score (nSPS) is 19.9. The molecule has 196 valence electrons. The number of carbonyl (C=O) groups is 2. The monoisotopic (exact) mass is 526 g/mol. The molecular weight excluding hydrogens is 502 g/mol. The Bertz CT molecular complexity index is 1710. The van der Waals surface area contributed by atoms with E-state index in [0.717, 1.165) is 19.3 Å². The number of carboxylic acid groups (broad SMARTS) is 1. The van der Waals surface area contributed by atoms with Crippen LogP contribution in [0.4, 0.5) is 8.78 Å². The van der Waals surface area contributed by atoms with E-state index in [1.807, 2.05) is 4.90 Å². The van der Waals surface area contributed by atoms with Gasteiger partial charge in [-0.3, -0.25) is 9.59 Å². The minimum atomic E-state index is -1.05. The molecule has 0 saturated carbocycles. The molecule has 7 nitrogen and oxygen atoms in total. The summed E-state index contributed by atoms with van der Waals surface area (Å²) < 4.78 is 31.7. The van der Waals surface area contributed by atoms with E-state index in [9.17, 15) is 19.2 Å². The van der Waals surface area contributed by atoms with Crippen molar-refractivity contribution < 1.29 is 23.5 Å². The number of fused-ring (bicyclic) bond motifs is 3. The van der Waals surface area contributed by atoms with Crippen molar-refractivity contribution >= 4 is 22.8 Å². The van der Waals surface area contributed by atoms with Crippen LogP contribution in [0.5, 0.6) is 0 Å². The molecule has 1 amide bonds. The fourth-order valence-electron chi connectivity index (χ4n) is 6.13. The molecule has 6 rings (SSSR count). The first-order valence-corrected chi connectivity index (χ1v) is 12.7. The average molecular weight is 527 g/mol. The Morgan fingerprint density at radius 1 is 1.00 bits per heavy atom. The molecule has 2 fully saturated rings. The van der Waals surface area contributed by atoms with Crippen LogP contribution in [-0.4, -0.2) is 44.6 Å². The highest BCUT2D eigenvalue weighted by molar-refractivity contribution is 5.99. The van der Waals surface area contributed by atoms with Gasteiger partial charge < -0.3 is 20.3 Å². The Morgan fingerprint density at radius 3 is 2.49 bits per heavy atom. The predicted molar refractivity (Wildman–Crippen MR) is 141 cm³/mol. The van der Waals surface area contributed by atoms with E-state index >= 15 is 4.39 Å². The molecule has 0 radical (unpaired) electrons. The van der Waals surface area contributed by atoms with Gasteiger partial charge in [-0.2, -0.15) is 5.26 Å². The highest BCUT2D eigenvalue weighted by atomic mass is 19.1. The van der Waals surface area contributed by atoms with Crippen LogP contribution in [0.1, 0.15) is 35.2 Å². The van der Waals surface area contributed by atoms with Crippen LogP contribution in [-0.2, 0) is 11.3 Å². The molecule has 0 spiro atoms. The highest BCUT2D eigenvalue weighted by Gasteiger charge is 2.47. The molecular formula is C30H24F2N4O3. The summed E-state index contributed by atoms with van der Waals surface area (Å²) in [5, 5.41) is 19.0. The number of halogens is 2. The molecule has 2 aliphatic rings. The summed E-state index contributed by atoms with van der Waals surface area (Å²) in [5.41, 5.74) is 8.41. The first-order chi connectivity index (χ1) is 18.7. The maximum Gasteiger partial charge on any atom is 0.323 e. The highest BCUT2D eigenvalue weighted by Crippen LogP contribution is 2.40. The van der Waals surface area contributed by atoms with Crippen LogP contribution < -0.4 is 5.73 Å². The van der Waals surface area contributed by atoms with Gasteiger partial charge in [0.25, 0.3) is 5.91 Å². The zero-order valence-corrected chi connectivity index (χ0v) is 20.8. The molecule has 3 N–H and O–H groups in total. The number of rotatable bonds is 5. The summed E-state index contributed by atoms with van der Waals surface area (Å²) >= 11 is 0. The number of carbonyl (C=O) groups excluding carboxylic acids is 1. The quantitative estimate of drug-likeness (QED) is 0.384. The summed E-state index contributed by atoms with van der Waals surface area (Å²) in [5.74, 6) is -2.53. The molecule has 3 aromatic carbocycles. The average Bonchev–Trinajstić information content (AvgIpc) is 3.59. The van der Waals surface area contributed by atoms with E-state index in [1.54, 1.807) is 48.7 Å². The van der Waals surface area contributed by atoms with Gasteiger partial charge in [-0.1, -0.05) is 12.1 Å². The second-order valence-corrected chi connectivity index (χ2v) is 10.2. The van der Waals surface area contributed by atoms with Gasteiger partial charge in [-0.15, -0.1) is 0 Å². The molecule has 3 atom stereocenters. The predicted octanol–water partition coefficient (Wildman–Crippen LogP) is 4.91. The Hall–Kier alpha value is -4.55. The first-order valence-electron chi connectivity index (χ1n) is 12.7. The van der Waals surface area contributed by atoms with Crippen molar-refractivity contribution in [2.24, 2.45) is 5.73 Å². The summed E-state index contributed by atoms with van der Waals surface area (Å²) in [6.45, 7) is -0.309. The summed E-state index contributed by atoms with van der Waals surface area (Å²) in [6.07, 6.45) is 4.10. The molecule has 2 aliphatic heterocycles. The van der Waals surface area contributed by atoms with Gasteiger partial charge in [0.1, 0.15) is 24.2 Å². The first kappa shape index (κ1) is 24.8. The molecule has 0 unspecified atom stereocenters. The van der Waals surface area contributed by atoms with Gasteiger partial charge in [0, 0.05) is 40.8 Å². The second-order valence-electron chi connectivity index (χ2n) is 10.2. The van der Waals surface area contributed by atoms with Gasteiger partial charge in [0.15, 0.2) is 0 Å². The number of carboxylic acids is 1. The minimum Gasteiger partial charge on any atom is -0.480 e. The van der Waals surface area contributed by atoms with Gasteiger partial charge in [-0.05, 0) is 78.4 Å². The van der Waals surface area contributed by atoms with Crippen molar-refractivity contribution in [3.8, 4) is 28.3 Å². The third kappa shape index (κ3) is 4.14. The zero-order chi connectivity index (χ0) is 27.4. The lowest BCUT2D eigenvalue weighted by Gasteiger charge is -2.24. The Kier molecular flexibility index (Phi) is 5.92. The number of nitriles is 1. The number of benzene rings is 3. The van der Waals surface area contributed by atoms with E-state index in [-0.39, 0.29) is 41.7 Å². The molecule has 3 heterocycles. The van der Waals surface area contributed by atoms with Crippen molar-refractivity contribution in [2.75, 3.05) is 0 Å². The Labute approximate surface area is 222 Å². The van der Waals surface area contributed by atoms with Gasteiger partial charge in [0.2, 0.25) is 0 Å². The Morgan fingerprint density at radius 2 is 1.82 bits per heavy atom. The van der Waals surface area contributed by atoms with Crippen molar-refractivity contribution in [2.45, 2.75) is 43.9 Å². The maximum atomic E-state index is 15.6. The minimum absolute atomic E-state index is 0.0207. The van der Waals surface area contributed by atoms with Crippen molar-refractivity contribution in [1.82, 2.24) is 9.47 Å². The van der Waals surface area contributed by atoms with Crippen LogP contribution in [0.25, 0.3) is 33.2 Å². The number of aromatic nitrogens is 1. The number of amides is 1. The number of nitrogens with zero attached hydrogens (tertiary/aromatic N) is 3. The molecule has 2 bridgehead atoms. The van der Waals surface area contributed by atoms with E-state index < -0.39 is 17.6 Å². The lowest BCUT2D eigenvalue weighted by atomic mass is 9.91. The SMILES string of the molecule is N#Cc1ccc(-c2cc(C(=O)N3[C@@H]4CC[C@H]3[C@@H](N)C4)ccc2-c2cc3ccn(CC(=O)O)c3cc2F)cc1F. The zero-order valence-electron chi connectivity index (χ0n) is 20.8. The summed E-state index contributed by atoms with van der Waals surface area (Å²) in [4.78, 5) is 26.7. The van der Waals surface area contributed by atoms with Crippen LogP contribution in [0.3, 0.4) is 0 Å².